The second-order valence-corrected chi connectivity index (χ2v) is 2.45. The van der Waals surface area contributed by atoms with Crippen molar-refractivity contribution in [2.24, 2.45) is 0 Å². The van der Waals surface area contributed by atoms with E-state index in [4.69, 9.17) is 5.11 Å². The number of rotatable bonds is 1. The van der Waals surface area contributed by atoms with Crippen LogP contribution in [0.1, 0.15) is 0 Å². The van der Waals surface area contributed by atoms with Crippen LogP contribution in [-0.2, 0) is 0 Å². The molecule has 1 N–H and O–H groups in total. The number of thioether (sulfide) groups is 1. The highest BCUT2D eigenvalue weighted by Crippen LogP contribution is 2.24. The molecule has 0 atom stereocenters. The van der Waals surface area contributed by atoms with Gasteiger partial charge >= 0.3 is 0 Å². The van der Waals surface area contributed by atoms with Crippen LogP contribution in [0.4, 0.5) is 0 Å². The number of hydrogen-bond donors (Lipinski definition) is 1. The lowest BCUT2D eigenvalue weighted by atomic mass is 10.3. The maximum absolute atomic E-state index is 9.07. The van der Waals surface area contributed by atoms with Gasteiger partial charge in [0.15, 0.2) is 0 Å². The standard InChI is InChI=1S/C7H7OS/c1-9-7-5-3-2-4-6(7)8/h2,4-5,8H,1H3. The topological polar surface area (TPSA) is 20.2 Å². The number of hydrogen-bond acceptors (Lipinski definition) is 2. The van der Waals surface area contributed by atoms with Crippen molar-refractivity contribution in [1.29, 1.82) is 0 Å². The molecule has 1 radical (unpaired) electrons. The van der Waals surface area contributed by atoms with Crippen molar-refractivity contribution in [3.63, 3.8) is 0 Å². The minimum absolute atomic E-state index is 0.334. The van der Waals surface area contributed by atoms with Gasteiger partial charge in [-0.05, 0) is 24.5 Å². The lowest BCUT2D eigenvalue weighted by Gasteiger charge is -1.96. The Morgan fingerprint density at radius 3 is 2.89 bits per heavy atom. The third-order valence-electron chi connectivity index (χ3n) is 1.02. The monoisotopic (exact) mass is 139 g/mol. The molecule has 9 heavy (non-hydrogen) atoms. The molecule has 0 saturated carbocycles. The first kappa shape index (κ1) is 6.49. The van der Waals surface area contributed by atoms with E-state index in [2.05, 4.69) is 6.07 Å². The van der Waals surface area contributed by atoms with Gasteiger partial charge in [-0.3, -0.25) is 0 Å². The summed E-state index contributed by atoms with van der Waals surface area (Å²) in [5.41, 5.74) is 0. The molecule has 0 saturated heterocycles. The van der Waals surface area contributed by atoms with Crippen LogP contribution >= 0.6 is 11.8 Å². The van der Waals surface area contributed by atoms with Gasteiger partial charge in [-0.2, -0.15) is 0 Å². The zero-order valence-corrected chi connectivity index (χ0v) is 5.90. The van der Waals surface area contributed by atoms with Crippen molar-refractivity contribution >= 4 is 11.8 Å². The van der Waals surface area contributed by atoms with Gasteiger partial charge in [-0.1, -0.05) is 6.07 Å². The molecule has 0 fully saturated rings. The summed E-state index contributed by atoms with van der Waals surface area (Å²) in [5.74, 6) is 0.334. The number of phenolic OH excluding ortho intramolecular Hbond substituents is 1. The Labute approximate surface area is 58.7 Å². The maximum atomic E-state index is 9.07. The van der Waals surface area contributed by atoms with Crippen LogP contribution in [0.2, 0.25) is 0 Å². The van der Waals surface area contributed by atoms with Crippen LogP contribution in [0.3, 0.4) is 0 Å². The van der Waals surface area contributed by atoms with Crippen LogP contribution in [0, 0.1) is 6.07 Å². The summed E-state index contributed by atoms with van der Waals surface area (Å²) in [6.45, 7) is 0. The van der Waals surface area contributed by atoms with E-state index in [0.717, 1.165) is 4.90 Å². The van der Waals surface area contributed by atoms with E-state index >= 15 is 0 Å². The fraction of sp³-hybridized carbons (Fsp3) is 0.143. The SMILES string of the molecule is CSc1c[c]ccc1O. The summed E-state index contributed by atoms with van der Waals surface area (Å²) < 4.78 is 0. The maximum Gasteiger partial charge on any atom is 0.129 e. The molecule has 0 aliphatic carbocycles. The molecule has 1 rings (SSSR count). The summed E-state index contributed by atoms with van der Waals surface area (Å²) in [6, 6.07) is 7.96. The Balaban J connectivity index is 3.01. The lowest BCUT2D eigenvalue weighted by Crippen LogP contribution is -1.69. The van der Waals surface area contributed by atoms with E-state index in [1.54, 1.807) is 18.2 Å². The number of benzene rings is 1. The molecule has 1 aromatic rings. The van der Waals surface area contributed by atoms with Gasteiger partial charge in [-0.25, -0.2) is 0 Å². The minimum Gasteiger partial charge on any atom is -0.507 e. The van der Waals surface area contributed by atoms with E-state index in [1.807, 2.05) is 6.26 Å². The van der Waals surface area contributed by atoms with Gasteiger partial charge in [0.25, 0.3) is 0 Å². The average molecular weight is 139 g/mol. The van der Waals surface area contributed by atoms with Crippen molar-refractivity contribution in [3.05, 3.63) is 24.3 Å². The summed E-state index contributed by atoms with van der Waals surface area (Å²) >= 11 is 1.51. The van der Waals surface area contributed by atoms with Gasteiger partial charge in [0.2, 0.25) is 0 Å². The first-order chi connectivity index (χ1) is 4.34. The number of aromatic hydroxyl groups is 1. The van der Waals surface area contributed by atoms with Gasteiger partial charge in [0, 0.05) is 4.90 Å². The summed E-state index contributed by atoms with van der Waals surface area (Å²) in [6.07, 6.45) is 1.92. The normalized spacial score (nSPS) is 9.44. The highest BCUT2D eigenvalue weighted by Gasteiger charge is 1.93. The Hall–Kier alpha value is -0.630. The third-order valence-corrected chi connectivity index (χ3v) is 1.79. The minimum atomic E-state index is 0.334. The predicted octanol–water partition coefficient (Wildman–Crippen LogP) is 1.91. The zero-order chi connectivity index (χ0) is 6.69. The molecule has 0 aliphatic heterocycles. The molecule has 0 heterocycles. The molecule has 0 aliphatic rings. The van der Waals surface area contributed by atoms with Gasteiger partial charge in [0.1, 0.15) is 5.75 Å². The number of phenols is 1. The largest absolute Gasteiger partial charge is 0.507 e. The fourth-order valence-electron chi connectivity index (χ4n) is 0.570. The molecule has 0 amide bonds. The predicted molar refractivity (Wildman–Crippen MR) is 38.7 cm³/mol. The van der Waals surface area contributed by atoms with E-state index < -0.39 is 0 Å². The Morgan fingerprint density at radius 2 is 2.44 bits per heavy atom. The van der Waals surface area contributed by atoms with Gasteiger partial charge in [0.05, 0.1) is 0 Å². The van der Waals surface area contributed by atoms with Crippen LogP contribution in [0.15, 0.2) is 23.1 Å². The smallest absolute Gasteiger partial charge is 0.129 e. The van der Waals surface area contributed by atoms with Crippen LogP contribution in [-0.4, -0.2) is 11.4 Å². The fourth-order valence-corrected chi connectivity index (χ4v) is 1.03. The molecule has 0 unspecified atom stereocenters. The second kappa shape index (κ2) is 2.78. The zero-order valence-electron chi connectivity index (χ0n) is 5.09. The van der Waals surface area contributed by atoms with Crippen molar-refractivity contribution in [1.82, 2.24) is 0 Å². The first-order valence-corrected chi connectivity index (χ1v) is 3.80. The van der Waals surface area contributed by atoms with Gasteiger partial charge < -0.3 is 5.11 Å². The second-order valence-electron chi connectivity index (χ2n) is 1.60. The highest BCUT2D eigenvalue weighted by molar-refractivity contribution is 7.98. The Kier molecular flexibility index (Phi) is 2.01. The van der Waals surface area contributed by atoms with Gasteiger partial charge in [-0.15, -0.1) is 11.8 Å². The van der Waals surface area contributed by atoms with Crippen molar-refractivity contribution in [2.75, 3.05) is 6.26 Å². The molecular formula is C7H7OS. The molecule has 1 nitrogen and oxygen atoms in total. The Morgan fingerprint density at radius 1 is 1.67 bits per heavy atom. The molecule has 0 spiro atoms. The van der Waals surface area contributed by atoms with E-state index in [1.165, 1.54) is 11.8 Å². The average Bonchev–Trinajstić information content (AvgIpc) is 1.89. The van der Waals surface area contributed by atoms with Crippen LogP contribution < -0.4 is 0 Å². The van der Waals surface area contributed by atoms with E-state index in [9.17, 15) is 0 Å². The lowest BCUT2D eigenvalue weighted by molar-refractivity contribution is 0.462. The van der Waals surface area contributed by atoms with Crippen LogP contribution in [0.5, 0.6) is 5.75 Å². The summed E-state index contributed by atoms with van der Waals surface area (Å²) in [5, 5.41) is 9.07. The quantitative estimate of drug-likeness (QED) is 0.600. The molecule has 0 aromatic heterocycles. The Bertz CT molecular complexity index is 198. The molecular weight excluding hydrogens is 132 g/mol. The highest BCUT2D eigenvalue weighted by atomic mass is 32.2. The summed E-state index contributed by atoms with van der Waals surface area (Å²) in [4.78, 5) is 0.873. The molecule has 0 bridgehead atoms. The van der Waals surface area contributed by atoms with E-state index in [0.29, 0.717) is 5.75 Å². The molecule has 2 heteroatoms. The first-order valence-electron chi connectivity index (χ1n) is 2.57. The van der Waals surface area contributed by atoms with E-state index in [-0.39, 0.29) is 0 Å². The molecule has 1 aromatic carbocycles. The van der Waals surface area contributed by atoms with Crippen molar-refractivity contribution in [2.45, 2.75) is 4.90 Å². The van der Waals surface area contributed by atoms with Crippen LogP contribution in [0.25, 0.3) is 0 Å². The van der Waals surface area contributed by atoms with Crippen molar-refractivity contribution in [3.8, 4) is 5.75 Å². The third kappa shape index (κ3) is 1.39. The summed E-state index contributed by atoms with van der Waals surface area (Å²) in [7, 11) is 0. The van der Waals surface area contributed by atoms with Crippen molar-refractivity contribution < 1.29 is 5.11 Å². The molecule has 47 valence electrons.